The summed E-state index contributed by atoms with van der Waals surface area (Å²) in [6.45, 7) is 13.0. The van der Waals surface area contributed by atoms with Gasteiger partial charge in [0.1, 0.15) is 30.2 Å². The molecular formula is C33H54ClN7O8. The number of ether oxygens (including phenoxy) is 1. The van der Waals surface area contributed by atoms with E-state index in [1.807, 2.05) is 20.8 Å². The van der Waals surface area contributed by atoms with Crippen molar-refractivity contribution >= 4 is 47.1 Å². The molecule has 9 atom stereocenters. The van der Waals surface area contributed by atoms with Crippen LogP contribution in [-0.4, -0.2) is 135 Å². The molecule has 5 amide bonds. The topological polar surface area (TPSA) is 181 Å². The number of aliphatic hydroxyl groups excluding tert-OH is 1. The second kappa shape index (κ2) is 15.9. The lowest BCUT2D eigenvalue weighted by molar-refractivity contribution is -0.175. The van der Waals surface area contributed by atoms with Gasteiger partial charge in [0.2, 0.25) is 17.7 Å². The summed E-state index contributed by atoms with van der Waals surface area (Å²) in [5.41, 5.74) is 5.79. The summed E-state index contributed by atoms with van der Waals surface area (Å²) in [5, 5.41) is 15.1. The highest BCUT2D eigenvalue weighted by atomic mass is 35.5. The highest BCUT2D eigenvalue weighted by Crippen LogP contribution is 2.29. The van der Waals surface area contributed by atoms with Gasteiger partial charge >= 0.3 is 5.97 Å². The van der Waals surface area contributed by atoms with Crippen LogP contribution in [0, 0.1) is 23.7 Å². The van der Waals surface area contributed by atoms with Crippen LogP contribution in [0.1, 0.15) is 74.1 Å². The minimum atomic E-state index is -1.33. The second-order valence-electron chi connectivity index (χ2n) is 15.2. The average Bonchev–Trinajstić information content (AvgIpc) is 3.43. The standard InChI is InChI=1S/C33H54ClN7O8/c1-16(2)9-23-30(45)39-15-19(7)10-22(39)28(43)37-26(17(3)4)33(48)49-27(18(5)6)32(47)41-24(11-20(34)13-35-41)31(46)40-25(29(44)38(23)8)12-21(42)14-36-40/h16-27,35-36,42H,9-15H2,1-8H3,(H,37,43)/t19-,20+,21+,22+,23-,24-,25+,26-,27+/m1/s1. The van der Waals surface area contributed by atoms with Crippen molar-refractivity contribution in [2.75, 3.05) is 26.7 Å². The Morgan fingerprint density at radius 3 is 2.04 bits per heavy atom. The molecule has 4 aliphatic rings. The van der Waals surface area contributed by atoms with E-state index < -0.39 is 95.1 Å². The summed E-state index contributed by atoms with van der Waals surface area (Å²) in [5.74, 6) is -4.68. The van der Waals surface area contributed by atoms with Crippen LogP contribution in [0.15, 0.2) is 0 Å². The van der Waals surface area contributed by atoms with Crippen LogP contribution in [0.25, 0.3) is 0 Å². The molecule has 0 aromatic carbocycles. The van der Waals surface area contributed by atoms with Gasteiger partial charge in [0.25, 0.3) is 11.8 Å². The van der Waals surface area contributed by atoms with Gasteiger partial charge in [-0.25, -0.2) is 15.6 Å². The van der Waals surface area contributed by atoms with E-state index in [9.17, 15) is 33.9 Å². The quantitative estimate of drug-likeness (QED) is 0.229. The molecule has 49 heavy (non-hydrogen) atoms. The number of cyclic esters (lactones) is 1. The number of hydrogen-bond acceptors (Lipinski definition) is 10. The molecule has 4 N–H and O–H groups in total. The summed E-state index contributed by atoms with van der Waals surface area (Å²) in [6.07, 6.45) is -1.77. The van der Waals surface area contributed by atoms with Gasteiger partial charge in [0, 0.05) is 33.1 Å². The molecule has 0 aromatic rings. The van der Waals surface area contributed by atoms with E-state index in [-0.39, 0.29) is 50.7 Å². The van der Waals surface area contributed by atoms with E-state index >= 15 is 0 Å². The fourth-order valence-corrected chi connectivity index (χ4v) is 7.33. The molecule has 0 aromatic heterocycles. The Bertz CT molecular complexity index is 1280. The molecule has 0 spiro atoms. The minimum absolute atomic E-state index is 0.0234. The van der Waals surface area contributed by atoms with Crippen LogP contribution < -0.4 is 16.2 Å². The lowest BCUT2D eigenvalue weighted by atomic mass is 9.97. The highest BCUT2D eigenvalue weighted by molar-refractivity contribution is 6.21. The first-order valence-corrected chi connectivity index (χ1v) is 17.9. The maximum Gasteiger partial charge on any atom is 0.329 e. The summed E-state index contributed by atoms with van der Waals surface area (Å²) < 4.78 is 5.84. The Morgan fingerprint density at radius 1 is 0.816 bits per heavy atom. The number of hydrazine groups is 2. The van der Waals surface area contributed by atoms with Crippen molar-refractivity contribution in [2.45, 2.75) is 122 Å². The van der Waals surface area contributed by atoms with Gasteiger partial charge in [-0.2, -0.15) is 0 Å². The zero-order chi connectivity index (χ0) is 36.5. The Balaban J connectivity index is 1.84. The number of amides is 5. The van der Waals surface area contributed by atoms with Gasteiger partial charge in [0.15, 0.2) is 6.10 Å². The molecule has 0 bridgehead atoms. The van der Waals surface area contributed by atoms with Gasteiger partial charge in [0.05, 0.1) is 11.5 Å². The van der Waals surface area contributed by atoms with Crippen LogP contribution in [0.4, 0.5) is 0 Å². The fraction of sp³-hybridized carbons (Fsp3) is 0.818. The number of nitrogens with zero attached hydrogens (tertiary/aromatic N) is 4. The fourth-order valence-electron chi connectivity index (χ4n) is 7.09. The van der Waals surface area contributed by atoms with Gasteiger partial charge in [-0.3, -0.25) is 34.0 Å². The van der Waals surface area contributed by atoms with Gasteiger partial charge < -0.3 is 25.0 Å². The lowest BCUT2D eigenvalue weighted by Crippen LogP contribution is -2.70. The first-order valence-electron chi connectivity index (χ1n) is 17.5. The number of β-amino-alcohol motifs (C(OH)–C–C–N with tert-alkyl or cyclic N) is 1. The molecule has 4 heterocycles. The first kappa shape index (κ1) is 38.8. The van der Waals surface area contributed by atoms with Crippen molar-refractivity contribution < 1.29 is 38.6 Å². The molecule has 4 aliphatic heterocycles. The van der Waals surface area contributed by atoms with Crippen LogP contribution in [-0.2, 0) is 33.5 Å². The Morgan fingerprint density at radius 2 is 1.43 bits per heavy atom. The van der Waals surface area contributed by atoms with Crippen molar-refractivity contribution in [2.24, 2.45) is 23.7 Å². The van der Waals surface area contributed by atoms with Gasteiger partial charge in [-0.1, -0.05) is 48.5 Å². The average molecular weight is 712 g/mol. The Hall–Kier alpha value is -3.01. The zero-order valence-corrected chi connectivity index (χ0v) is 30.6. The number of carbonyl (C=O) groups excluding carboxylic acids is 6. The maximum atomic E-state index is 14.4. The van der Waals surface area contributed by atoms with E-state index in [4.69, 9.17) is 16.3 Å². The normalized spacial score (nSPS) is 34.5. The lowest BCUT2D eigenvalue weighted by Gasteiger charge is -2.45. The van der Waals surface area contributed by atoms with E-state index in [0.29, 0.717) is 6.42 Å². The van der Waals surface area contributed by atoms with Crippen molar-refractivity contribution in [1.29, 1.82) is 0 Å². The predicted molar refractivity (Wildman–Crippen MR) is 179 cm³/mol. The van der Waals surface area contributed by atoms with Crippen molar-refractivity contribution in [3.63, 3.8) is 0 Å². The third kappa shape index (κ3) is 8.49. The van der Waals surface area contributed by atoms with Gasteiger partial charge in [-0.05, 0) is 42.9 Å². The number of halogens is 1. The van der Waals surface area contributed by atoms with E-state index in [1.54, 1.807) is 27.7 Å². The molecular weight excluding hydrogens is 658 g/mol. The number of carbonyl (C=O) groups is 6. The Kier molecular flexibility index (Phi) is 12.6. The third-order valence-corrected chi connectivity index (χ3v) is 10.2. The molecule has 16 heteroatoms. The smallest absolute Gasteiger partial charge is 0.329 e. The largest absolute Gasteiger partial charge is 0.450 e. The zero-order valence-electron chi connectivity index (χ0n) is 29.8. The predicted octanol–water partition coefficient (Wildman–Crippen LogP) is -0.00200. The van der Waals surface area contributed by atoms with Crippen LogP contribution in [0.5, 0.6) is 0 Å². The number of fused-ring (bicyclic) bond motifs is 3. The number of rotatable bonds is 4. The third-order valence-electron chi connectivity index (χ3n) is 9.82. The number of aliphatic hydroxyl groups is 1. The van der Waals surface area contributed by atoms with Crippen molar-refractivity contribution in [3.05, 3.63) is 0 Å². The molecule has 4 fully saturated rings. The second-order valence-corrected chi connectivity index (χ2v) is 15.8. The SMILES string of the molecule is CC(C)C[C@@H]1C(=O)N2C[C@H](C)C[C@H]2C(=O)N[C@H](C(C)C)C(=O)O[C@@H](C(C)C)C(=O)N2NC[C@@H](Cl)C[C@@H]2C(=O)N2NC[C@@H](O)C[C@H]2C(=O)N1C. The Labute approximate surface area is 293 Å². The monoisotopic (exact) mass is 711 g/mol. The van der Waals surface area contributed by atoms with E-state index in [1.165, 1.54) is 16.8 Å². The van der Waals surface area contributed by atoms with Crippen LogP contribution in [0.3, 0.4) is 0 Å². The summed E-state index contributed by atoms with van der Waals surface area (Å²) in [7, 11) is 1.49. The number of likely N-dealkylation sites (N-methyl/N-ethyl adjacent to an activating group) is 1. The summed E-state index contributed by atoms with van der Waals surface area (Å²) >= 11 is 6.50. The van der Waals surface area contributed by atoms with E-state index in [0.717, 1.165) is 10.0 Å². The summed E-state index contributed by atoms with van der Waals surface area (Å²) in [6, 6.07) is -5.45. The number of hydrogen-bond donors (Lipinski definition) is 4. The molecule has 276 valence electrons. The molecule has 15 nitrogen and oxygen atoms in total. The van der Waals surface area contributed by atoms with Crippen molar-refractivity contribution in [1.82, 2.24) is 36.0 Å². The molecule has 0 radical (unpaired) electrons. The summed E-state index contributed by atoms with van der Waals surface area (Å²) in [4.78, 5) is 87.7. The molecule has 0 saturated carbocycles. The van der Waals surface area contributed by atoms with Crippen LogP contribution >= 0.6 is 11.6 Å². The van der Waals surface area contributed by atoms with E-state index in [2.05, 4.69) is 16.2 Å². The molecule has 4 rings (SSSR count). The molecule has 4 saturated heterocycles. The number of nitrogens with one attached hydrogen (secondary N) is 3. The molecule has 0 aliphatic carbocycles. The molecule has 0 unspecified atom stereocenters. The van der Waals surface area contributed by atoms with Crippen LogP contribution in [0.2, 0.25) is 0 Å². The first-order chi connectivity index (χ1) is 22.9. The minimum Gasteiger partial charge on any atom is -0.450 e. The number of alkyl halides is 1. The maximum absolute atomic E-state index is 14.4. The highest BCUT2D eigenvalue weighted by Gasteiger charge is 2.49. The van der Waals surface area contributed by atoms with Crippen molar-refractivity contribution in [3.8, 4) is 0 Å². The number of esters is 1. The van der Waals surface area contributed by atoms with Gasteiger partial charge in [-0.15, -0.1) is 11.6 Å².